The van der Waals surface area contributed by atoms with Gasteiger partial charge in [0, 0.05) is 10.0 Å². The fourth-order valence-corrected chi connectivity index (χ4v) is 2.34. The molecule has 2 nitrogen and oxygen atoms in total. The van der Waals surface area contributed by atoms with Gasteiger partial charge in [0.15, 0.2) is 0 Å². The highest BCUT2D eigenvalue weighted by atomic mass is 79.9. The molecule has 0 radical (unpaired) electrons. The van der Waals surface area contributed by atoms with Gasteiger partial charge in [-0.25, -0.2) is 4.98 Å². The maximum atomic E-state index is 9.16. The Kier molecular flexibility index (Phi) is 2.56. The van der Waals surface area contributed by atoms with Crippen molar-refractivity contribution in [2.45, 2.75) is 6.92 Å². The molecule has 0 unspecified atom stereocenters. The fraction of sp³-hybridized carbons (Fsp3) is 0.100. The lowest BCUT2D eigenvalue weighted by molar-refractivity contribution is 0.458. The first-order valence-electron chi connectivity index (χ1n) is 4.08. The summed E-state index contributed by atoms with van der Waals surface area (Å²) in [7, 11) is 0. The zero-order chi connectivity index (χ0) is 10.1. The van der Waals surface area contributed by atoms with Crippen LogP contribution in [-0.4, -0.2) is 10.1 Å². The number of halogens is 1. The Morgan fingerprint density at radius 3 is 2.86 bits per heavy atom. The van der Waals surface area contributed by atoms with Crippen LogP contribution in [-0.2, 0) is 0 Å². The lowest BCUT2D eigenvalue weighted by Gasteiger charge is -2.01. The van der Waals surface area contributed by atoms with Crippen molar-refractivity contribution in [3.8, 4) is 16.5 Å². The molecule has 1 N–H and O–H groups in total. The Bertz CT molecular complexity index is 467. The normalized spacial score (nSPS) is 10.4. The largest absolute Gasteiger partial charge is 0.493 e. The van der Waals surface area contributed by atoms with Crippen molar-refractivity contribution < 1.29 is 5.11 Å². The molecule has 0 saturated carbocycles. The summed E-state index contributed by atoms with van der Waals surface area (Å²) in [6.07, 6.45) is 0. The molecule has 0 atom stereocenters. The zero-order valence-electron chi connectivity index (χ0n) is 7.49. The third-order valence-corrected chi connectivity index (χ3v) is 3.28. The van der Waals surface area contributed by atoms with Crippen LogP contribution in [0.15, 0.2) is 28.1 Å². The second-order valence-electron chi connectivity index (χ2n) is 2.97. The first-order valence-corrected chi connectivity index (χ1v) is 5.75. The van der Waals surface area contributed by atoms with Gasteiger partial charge < -0.3 is 5.11 Å². The molecular formula is C10H8BrNOS. The minimum atomic E-state index is 0.0874. The number of aromatic hydroxyl groups is 1. The summed E-state index contributed by atoms with van der Waals surface area (Å²) in [4.78, 5) is 4.04. The molecular weight excluding hydrogens is 262 g/mol. The van der Waals surface area contributed by atoms with Gasteiger partial charge in [-0.2, -0.15) is 0 Å². The van der Waals surface area contributed by atoms with E-state index in [1.54, 1.807) is 5.38 Å². The second-order valence-corrected chi connectivity index (χ2v) is 4.74. The highest BCUT2D eigenvalue weighted by Gasteiger charge is 2.06. The van der Waals surface area contributed by atoms with E-state index in [0.717, 1.165) is 20.6 Å². The Morgan fingerprint density at radius 2 is 2.21 bits per heavy atom. The molecule has 14 heavy (non-hydrogen) atoms. The van der Waals surface area contributed by atoms with Crippen molar-refractivity contribution in [1.29, 1.82) is 0 Å². The molecule has 72 valence electrons. The third-order valence-electron chi connectivity index (χ3n) is 1.92. The fourth-order valence-electron chi connectivity index (χ4n) is 1.21. The molecule has 4 heteroatoms. The van der Waals surface area contributed by atoms with E-state index in [4.69, 9.17) is 5.11 Å². The van der Waals surface area contributed by atoms with Crippen LogP contribution in [0.3, 0.4) is 0 Å². The summed E-state index contributed by atoms with van der Waals surface area (Å²) in [6, 6.07) is 6.03. The Hall–Kier alpha value is -0.870. The molecule has 1 aromatic heterocycles. The number of hydrogen-bond donors (Lipinski definition) is 1. The zero-order valence-corrected chi connectivity index (χ0v) is 9.89. The number of rotatable bonds is 1. The standard InChI is InChI=1S/C10H8BrNOS/c1-6-2-3-7(11)4-8(6)10-12-9(13)5-14-10/h2-5,13H,1H3. The summed E-state index contributed by atoms with van der Waals surface area (Å²) < 4.78 is 1.02. The number of benzene rings is 1. The molecule has 0 spiro atoms. The average Bonchev–Trinajstić information content (AvgIpc) is 2.56. The van der Waals surface area contributed by atoms with E-state index in [-0.39, 0.29) is 5.88 Å². The van der Waals surface area contributed by atoms with Crippen LogP contribution < -0.4 is 0 Å². The van der Waals surface area contributed by atoms with Gasteiger partial charge in [-0.05, 0) is 24.6 Å². The Balaban J connectivity index is 2.55. The number of aryl methyl sites for hydroxylation is 1. The van der Waals surface area contributed by atoms with Crippen LogP contribution in [0.4, 0.5) is 0 Å². The molecule has 0 amide bonds. The van der Waals surface area contributed by atoms with Crippen molar-refractivity contribution in [2.24, 2.45) is 0 Å². The van der Waals surface area contributed by atoms with Crippen LogP contribution in [0.25, 0.3) is 10.6 Å². The quantitative estimate of drug-likeness (QED) is 0.859. The summed E-state index contributed by atoms with van der Waals surface area (Å²) >= 11 is 4.86. The predicted molar refractivity (Wildman–Crippen MR) is 61.7 cm³/mol. The van der Waals surface area contributed by atoms with E-state index in [0.29, 0.717) is 0 Å². The van der Waals surface area contributed by atoms with Crippen LogP contribution in [0, 0.1) is 6.92 Å². The van der Waals surface area contributed by atoms with E-state index in [2.05, 4.69) is 20.9 Å². The summed E-state index contributed by atoms with van der Waals surface area (Å²) in [6.45, 7) is 2.03. The van der Waals surface area contributed by atoms with E-state index in [1.165, 1.54) is 11.3 Å². The summed E-state index contributed by atoms with van der Waals surface area (Å²) in [5.74, 6) is 0.0874. The van der Waals surface area contributed by atoms with E-state index in [9.17, 15) is 0 Å². The molecule has 2 rings (SSSR count). The number of nitrogens with zero attached hydrogens (tertiary/aromatic N) is 1. The number of thiazole rings is 1. The van der Waals surface area contributed by atoms with Crippen LogP contribution in [0.1, 0.15) is 5.56 Å². The first-order chi connectivity index (χ1) is 6.66. The summed E-state index contributed by atoms with van der Waals surface area (Å²) in [5, 5.41) is 11.6. The van der Waals surface area contributed by atoms with Gasteiger partial charge in [-0.1, -0.05) is 22.0 Å². The second kappa shape index (κ2) is 3.71. The van der Waals surface area contributed by atoms with Crippen LogP contribution in [0.2, 0.25) is 0 Å². The van der Waals surface area contributed by atoms with Gasteiger partial charge in [0.1, 0.15) is 5.01 Å². The molecule has 0 aliphatic heterocycles. The van der Waals surface area contributed by atoms with Gasteiger partial charge in [-0.15, -0.1) is 11.3 Å². The van der Waals surface area contributed by atoms with Crippen LogP contribution in [0.5, 0.6) is 5.88 Å². The minimum Gasteiger partial charge on any atom is -0.493 e. The average molecular weight is 270 g/mol. The van der Waals surface area contributed by atoms with Gasteiger partial charge in [-0.3, -0.25) is 0 Å². The van der Waals surface area contributed by atoms with Crippen molar-refractivity contribution in [1.82, 2.24) is 4.98 Å². The minimum absolute atomic E-state index is 0.0874. The third kappa shape index (κ3) is 1.81. The molecule has 0 aliphatic rings. The maximum absolute atomic E-state index is 9.16. The highest BCUT2D eigenvalue weighted by Crippen LogP contribution is 2.30. The molecule has 0 fully saturated rings. The number of aromatic nitrogens is 1. The van der Waals surface area contributed by atoms with E-state index in [1.807, 2.05) is 25.1 Å². The molecule has 0 bridgehead atoms. The predicted octanol–water partition coefficient (Wildman–Crippen LogP) is 3.59. The Labute approximate surface area is 94.4 Å². The highest BCUT2D eigenvalue weighted by molar-refractivity contribution is 9.10. The van der Waals surface area contributed by atoms with Crippen molar-refractivity contribution in [2.75, 3.05) is 0 Å². The lowest BCUT2D eigenvalue weighted by Crippen LogP contribution is -1.81. The monoisotopic (exact) mass is 269 g/mol. The molecule has 0 saturated heterocycles. The first kappa shape index (κ1) is 9.68. The van der Waals surface area contributed by atoms with Crippen molar-refractivity contribution in [3.63, 3.8) is 0 Å². The van der Waals surface area contributed by atoms with Crippen molar-refractivity contribution >= 4 is 27.3 Å². The molecule has 2 aromatic rings. The molecule has 1 aromatic carbocycles. The SMILES string of the molecule is Cc1ccc(Br)cc1-c1nc(O)cs1. The van der Waals surface area contributed by atoms with E-state index < -0.39 is 0 Å². The van der Waals surface area contributed by atoms with Crippen molar-refractivity contribution in [3.05, 3.63) is 33.6 Å². The van der Waals surface area contributed by atoms with Gasteiger partial charge in [0.25, 0.3) is 0 Å². The smallest absolute Gasteiger partial charge is 0.222 e. The van der Waals surface area contributed by atoms with Gasteiger partial charge >= 0.3 is 0 Å². The topological polar surface area (TPSA) is 33.1 Å². The maximum Gasteiger partial charge on any atom is 0.222 e. The van der Waals surface area contributed by atoms with Gasteiger partial charge in [0.2, 0.25) is 5.88 Å². The molecule has 0 aliphatic carbocycles. The van der Waals surface area contributed by atoms with E-state index >= 15 is 0 Å². The summed E-state index contributed by atoms with van der Waals surface area (Å²) in [5.41, 5.74) is 2.22. The van der Waals surface area contributed by atoms with Gasteiger partial charge in [0.05, 0.1) is 5.38 Å². The van der Waals surface area contributed by atoms with Crippen LogP contribution >= 0.6 is 27.3 Å². The Morgan fingerprint density at radius 1 is 1.43 bits per heavy atom. The number of hydrogen-bond acceptors (Lipinski definition) is 3. The lowest BCUT2D eigenvalue weighted by atomic mass is 10.1. The molecule has 1 heterocycles.